The molecule has 0 aromatic rings. The minimum atomic E-state index is -4.43. The van der Waals surface area contributed by atoms with Gasteiger partial charge in [-0.3, -0.25) is 4.57 Å². The van der Waals surface area contributed by atoms with Crippen molar-refractivity contribution >= 4 is 7.82 Å². The van der Waals surface area contributed by atoms with E-state index in [4.69, 9.17) is 18.8 Å². The summed E-state index contributed by atoms with van der Waals surface area (Å²) in [5, 5.41) is 9.31. The zero-order chi connectivity index (χ0) is 24.8. The Morgan fingerprint density at radius 3 is 1.73 bits per heavy atom. The number of phosphoric acid groups is 1. The largest absolute Gasteiger partial charge is 0.756 e. The average molecular weight is 498 g/mol. The third kappa shape index (κ3) is 24.9. The fraction of sp³-hybridized carbons (Fsp3) is 1.00. The van der Waals surface area contributed by atoms with Crippen LogP contribution in [0.4, 0.5) is 0 Å². The summed E-state index contributed by atoms with van der Waals surface area (Å²) in [6, 6.07) is 0. The highest BCUT2D eigenvalue weighted by Gasteiger charge is 2.17. The lowest BCUT2D eigenvalue weighted by Gasteiger charge is -2.28. The topological polar surface area (TPSA) is 97.3 Å². The van der Waals surface area contributed by atoms with Crippen molar-refractivity contribution < 1.29 is 37.9 Å². The zero-order valence-electron chi connectivity index (χ0n) is 21.8. The lowest BCUT2D eigenvalue weighted by atomic mass is 10.0. The van der Waals surface area contributed by atoms with E-state index >= 15 is 0 Å². The van der Waals surface area contributed by atoms with Gasteiger partial charge in [0.2, 0.25) is 0 Å². The summed E-state index contributed by atoms with van der Waals surface area (Å²) in [5.74, 6) is 0. The molecule has 200 valence electrons. The highest BCUT2D eigenvalue weighted by atomic mass is 31.2. The van der Waals surface area contributed by atoms with Gasteiger partial charge >= 0.3 is 0 Å². The van der Waals surface area contributed by atoms with E-state index in [-0.39, 0.29) is 13.2 Å². The minimum Gasteiger partial charge on any atom is -0.756 e. The fourth-order valence-electron chi connectivity index (χ4n) is 3.25. The second-order valence-corrected chi connectivity index (χ2v) is 11.3. The maximum absolute atomic E-state index is 11.8. The number of hydrogen-bond donors (Lipinski definition) is 1. The van der Waals surface area contributed by atoms with E-state index in [1.807, 2.05) is 21.1 Å². The van der Waals surface area contributed by atoms with Crippen LogP contribution in [-0.2, 0) is 23.4 Å². The highest BCUT2D eigenvalue weighted by molar-refractivity contribution is 7.45. The molecular weight excluding hydrogens is 445 g/mol. The second-order valence-electron chi connectivity index (χ2n) is 9.91. The first-order chi connectivity index (χ1) is 15.7. The lowest BCUT2D eigenvalue weighted by Crippen LogP contribution is -2.37. The number of quaternary nitrogens is 1. The van der Waals surface area contributed by atoms with Crippen molar-refractivity contribution in [1.29, 1.82) is 0 Å². The van der Waals surface area contributed by atoms with Gasteiger partial charge in [0.05, 0.1) is 41.0 Å². The van der Waals surface area contributed by atoms with Gasteiger partial charge < -0.3 is 23.5 Å². The summed E-state index contributed by atoms with van der Waals surface area (Å²) in [6.45, 7) is 2.47. The van der Waals surface area contributed by atoms with Gasteiger partial charge in [0, 0.05) is 0 Å². The van der Waals surface area contributed by atoms with E-state index in [0.717, 1.165) is 12.8 Å². The maximum Gasteiger partial charge on any atom is 0.268 e. The molecule has 0 radical (unpaired) electrons. The quantitative estimate of drug-likeness (QED) is 0.0624. The second kappa shape index (κ2) is 21.3. The number of aliphatic hydroxyl groups is 1. The lowest BCUT2D eigenvalue weighted by molar-refractivity contribution is -0.870. The van der Waals surface area contributed by atoms with E-state index in [1.54, 1.807) is 0 Å². The van der Waals surface area contributed by atoms with Gasteiger partial charge in [0.1, 0.15) is 19.3 Å². The molecule has 9 heteroatoms. The third-order valence-electron chi connectivity index (χ3n) is 5.42. The molecule has 0 aromatic carbocycles. The molecule has 0 heterocycles. The van der Waals surface area contributed by atoms with Crippen molar-refractivity contribution in [3.63, 3.8) is 0 Å². The van der Waals surface area contributed by atoms with Gasteiger partial charge in [-0.2, -0.15) is 0 Å². The molecule has 0 amide bonds. The molecule has 0 aromatic heterocycles. The Morgan fingerprint density at radius 2 is 1.27 bits per heavy atom. The standard InChI is InChI=1S/C24H52NO7P/c1-5-6-7-8-9-10-11-12-13-14-15-16-17-18-20-29-32-24(22-26)23-31-33(27,28)30-21-19-25(2,3)4/h24,26H,5-23H2,1-4H3/t24-/m0/s1. The Labute approximate surface area is 203 Å². The van der Waals surface area contributed by atoms with E-state index in [2.05, 4.69) is 6.92 Å². The molecule has 0 aliphatic heterocycles. The van der Waals surface area contributed by atoms with Gasteiger partial charge in [-0.25, -0.2) is 9.78 Å². The highest BCUT2D eigenvalue weighted by Crippen LogP contribution is 2.38. The van der Waals surface area contributed by atoms with Crippen molar-refractivity contribution in [2.45, 2.75) is 103 Å². The van der Waals surface area contributed by atoms with Crippen LogP contribution in [0.2, 0.25) is 0 Å². The van der Waals surface area contributed by atoms with Crippen LogP contribution < -0.4 is 4.89 Å². The summed E-state index contributed by atoms with van der Waals surface area (Å²) in [6.07, 6.45) is 17.1. The number of unbranched alkanes of at least 4 members (excludes halogenated alkanes) is 13. The molecule has 0 saturated heterocycles. The molecule has 0 aliphatic rings. The molecular formula is C24H52NO7P. The Kier molecular flexibility index (Phi) is 21.2. The molecule has 33 heavy (non-hydrogen) atoms. The first kappa shape index (κ1) is 33.0. The minimum absolute atomic E-state index is 0.0323. The van der Waals surface area contributed by atoms with Crippen LogP contribution in [0, 0.1) is 0 Å². The van der Waals surface area contributed by atoms with Gasteiger partial charge in [-0.15, -0.1) is 0 Å². The maximum atomic E-state index is 11.8. The number of aliphatic hydroxyl groups excluding tert-OH is 1. The summed E-state index contributed by atoms with van der Waals surface area (Å²) in [4.78, 5) is 21.9. The summed E-state index contributed by atoms with van der Waals surface area (Å²) in [7, 11) is 1.38. The SMILES string of the molecule is CCCCCCCCCCCCCCCCOO[C@@H](CO)COP(=O)([O-])OCC[N+](C)(C)C. The smallest absolute Gasteiger partial charge is 0.268 e. The van der Waals surface area contributed by atoms with Crippen molar-refractivity contribution in [1.82, 2.24) is 0 Å². The average Bonchev–Trinajstić information content (AvgIpc) is 2.74. The summed E-state index contributed by atoms with van der Waals surface area (Å²) < 4.78 is 21.9. The van der Waals surface area contributed by atoms with E-state index in [0.29, 0.717) is 17.6 Å². The van der Waals surface area contributed by atoms with Crippen molar-refractivity contribution in [2.75, 3.05) is 54.1 Å². The monoisotopic (exact) mass is 497 g/mol. The number of phosphoric ester groups is 1. The van der Waals surface area contributed by atoms with Crippen LogP contribution in [0.1, 0.15) is 96.8 Å². The number of nitrogens with zero attached hydrogens (tertiary/aromatic N) is 1. The first-order valence-corrected chi connectivity index (χ1v) is 14.5. The number of hydrogen-bond acceptors (Lipinski definition) is 7. The van der Waals surface area contributed by atoms with Crippen LogP contribution in [0.5, 0.6) is 0 Å². The number of likely N-dealkylation sites (N-methyl/N-ethyl adjacent to an activating group) is 1. The van der Waals surface area contributed by atoms with E-state index in [9.17, 15) is 14.6 Å². The molecule has 8 nitrogen and oxygen atoms in total. The van der Waals surface area contributed by atoms with Crippen LogP contribution in [0.15, 0.2) is 0 Å². The molecule has 1 unspecified atom stereocenters. The molecule has 0 spiro atoms. The molecule has 2 atom stereocenters. The number of rotatable bonds is 25. The van der Waals surface area contributed by atoms with Crippen molar-refractivity contribution in [3.8, 4) is 0 Å². The third-order valence-corrected chi connectivity index (χ3v) is 6.38. The van der Waals surface area contributed by atoms with Gasteiger partial charge in [-0.05, 0) is 6.42 Å². The normalized spacial score (nSPS) is 15.0. The predicted octanol–water partition coefficient (Wildman–Crippen LogP) is 4.98. The molecule has 0 rings (SSSR count). The van der Waals surface area contributed by atoms with Crippen LogP contribution in [-0.4, -0.2) is 69.8 Å². The van der Waals surface area contributed by atoms with Crippen LogP contribution in [0.3, 0.4) is 0 Å². The summed E-state index contributed by atoms with van der Waals surface area (Å²) in [5.41, 5.74) is 0. The molecule has 1 N–H and O–H groups in total. The summed E-state index contributed by atoms with van der Waals surface area (Å²) >= 11 is 0. The predicted molar refractivity (Wildman–Crippen MR) is 131 cm³/mol. The Hall–Kier alpha value is -0.0500. The van der Waals surface area contributed by atoms with E-state index < -0.39 is 20.5 Å². The first-order valence-electron chi connectivity index (χ1n) is 13.0. The van der Waals surface area contributed by atoms with Crippen molar-refractivity contribution in [3.05, 3.63) is 0 Å². The fourth-order valence-corrected chi connectivity index (χ4v) is 3.98. The molecule has 0 aliphatic carbocycles. The Bertz CT molecular complexity index is 474. The molecule has 0 fully saturated rings. The Morgan fingerprint density at radius 1 is 0.788 bits per heavy atom. The molecule has 0 bridgehead atoms. The van der Waals surface area contributed by atoms with Gasteiger partial charge in [0.15, 0.2) is 0 Å². The van der Waals surface area contributed by atoms with E-state index in [1.165, 1.54) is 77.0 Å². The van der Waals surface area contributed by atoms with Gasteiger partial charge in [-0.1, -0.05) is 90.4 Å². The van der Waals surface area contributed by atoms with Gasteiger partial charge in [0.25, 0.3) is 7.82 Å². The van der Waals surface area contributed by atoms with Crippen LogP contribution >= 0.6 is 7.82 Å². The van der Waals surface area contributed by atoms with Crippen LogP contribution in [0.25, 0.3) is 0 Å². The Balaban J connectivity index is 3.53. The van der Waals surface area contributed by atoms with Crippen molar-refractivity contribution in [2.24, 2.45) is 0 Å². The molecule has 0 saturated carbocycles. The zero-order valence-corrected chi connectivity index (χ0v) is 22.7.